The second-order valence-corrected chi connectivity index (χ2v) is 14.0. The summed E-state index contributed by atoms with van der Waals surface area (Å²) in [5.41, 5.74) is 14.5. The van der Waals surface area contributed by atoms with Crippen molar-refractivity contribution in [2.24, 2.45) is 0 Å². The Bertz CT molecular complexity index is 2610. The molecule has 10 rings (SSSR count). The molecule has 0 radical (unpaired) electrons. The highest BCUT2D eigenvalue weighted by atomic mass is 15.0. The minimum absolute atomic E-state index is 0.469. The maximum Gasteiger partial charge on any atom is 0.164 e. The van der Waals surface area contributed by atoms with Gasteiger partial charge in [0, 0.05) is 16.7 Å². The summed E-state index contributed by atoms with van der Waals surface area (Å²) in [6, 6.07) is 75.2. The second-order valence-electron chi connectivity index (χ2n) is 14.0. The first kappa shape index (κ1) is 32.4. The van der Waals surface area contributed by atoms with E-state index in [9.17, 15) is 0 Å². The molecule has 55 heavy (non-hydrogen) atoms. The van der Waals surface area contributed by atoms with Crippen LogP contribution in [0.25, 0.3) is 67.5 Å². The van der Waals surface area contributed by atoms with Crippen LogP contribution in [0.3, 0.4) is 0 Å². The molecule has 9 aromatic rings. The van der Waals surface area contributed by atoms with E-state index < -0.39 is 5.41 Å². The Hall–Kier alpha value is -7.23. The molecule has 0 aliphatic heterocycles. The highest BCUT2D eigenvalue weighted by Crippen LogP contribution is 2.56. The lowest BCUT2D eigenvalue weighted by Crippen LogP contribution is -2.28. The zero-order valence-electron chi connectivity index (χ0n) is 30.0. The maximum absolute atomic E-state index is 5.12. The van der Waals surface area contributed by atoms with Gasteiger partial charge in [-0.05, 0) is 55.6 Å². The summed E-state index contributed by atoms with van der Waals surface area (Å²) in [6.07, 6.45) is 0. The Morgan fingerprint density at radius 3 is 0.945 bits per heavy atom. The Balaban J connectivity index is 1.10. The van der Waals surface area contributed by atoms with Gasteiger partial charge in [0.15, 0.2) is 17.5 Å². The van der Waals surface area contributed by atoms with Crippen LogP contribution in [-0.4, -0.2) is 15.0 Å². The molecule has 0 N–H and O–H groups in total. The lowest BCUT2D eigenvalue weighted by atomic mass is 9.67. The number of nitrogens with zero attached hydrogens (tertiary/aromatic N) is 3. The van der Waals surface area contributed by atoms with Crippen molar-refractivity contribution >= 4 is 0 Å². The zero-order chi connectivity index (χ0) is 36.6. The van der Waals surface area contributed by atoms with E-state index >= 15 is 0 Å². The first-order chi connectivity index (χ1) is 27.3. The molecule has 258 valence electrons. The van der Waals surface area contributed by atoms with E-state index in [4.69, 9.17) is 15.0 Å². The van der Waals surface area contributed by atoms with Gasteiger partial charge in [0.05, 0.1) is 5.41 Å². The van der Waals surface area contributed by atoms with E-state index in [2.05, 4.69) is 200 Å². The maximum atomic E-state index is 5.12. The average Bonchev–Trinajstić information content (AvgIpc) is 3.58. The summed E-state index contributed by atoms with van der Waals surface area (Å²) in [4.78, 5) is 15.3. The molecule has 0 bridgehead atoms. The Morgan fingerprint density at radius 2 is 0.527 bits per heavy atom. The van der Waals surface area contributed by atoms with Crippen molar-refractivity contribution in [3.63, 3.8) is 0 Å². The van der Waals surface area contributed by atoms with Crippen LogP contribution in [-0.2, 0) is 5.41 Å². The van der Waals surface area contributed by atoms with Crippen LogP contribution in [0.4, 0.5) is 0 Å². The van der Waals surface area contributed by atoms with Gasteiger partial charge in [-0.15, -0.1) is 0 Å². The van der Waals surface area contributed by atoms with E-state index in [0.717, 1.165) is 27.8 Å². The van der Waals surface area contributed by atoms with Crippen LogP contribution in [0.1, 0.15) is 22.3 Å². The van der Waals surface area contributed by atoms with Crippen LogP contribution in [0.15, 0.2) is 212 Å². The molecule has 3 nitrogen and oxygen atoms in total. The lowest BCUT2D eigenvalue weighted by molar-refractivity contribution is 0.768. The van der Waals surface area contributed by atoms with Gasteiger partial charge in [0.2, 0.25) is 0 Å². The zero-order valence-corrected chi connectivity index (χ0v) is 30.0. The lowest BCUT2D eigenvalue weighted by Gasteiger charge is -2.34. The minimum Gasteiger partial charge on any atom is -0.208 e. The first-order valence-corrected chi connectivity index (χ1v) is 18.7. The summed E-state index contributed by atoms with van der Waals surface area (Å²) in [5.74, 6) is 1.90. The summed E-state index contributed by atoms with van der Waals surface area (Å²) < 4.78 is 0. The Labute approximate surface area is 321 Å². The molecule has 0 unspecified atom stereocenters. The van der Waals surface area contributed by atoms with Gasteiger partial charge in [-0.25, -0.2) is 15.0 Å². The second kappa shape index (κ2) is 13.6. The minimum atomic E-state index is -0.469. The third kappa shape index (κ3) is 5.65. The predicted octanol–water partition coefficient (Wildman–Crippen LogP) is 12.6. The highest BCUT2D eigenvalue weighted by molar-refractivity contribution is 5.86. The van der Waals surface area contributed by atoms with Crippen LogP contribution < -0.4 is 0 Å². The molecule has 1 heterocycles. The molecule has 8 aromatic carbocycles. The third-order valence-electron chi connectivity index (χ3n) is 10.9. The number of hydrogen-bond donors (Lipinski definition) is 0. The van der Waals surface area contributed by atoms with Crippen molar-refractivity contribution in [1.29, 1.82) is 0 Å². The molecule has 0 amide bonds. The number of aromatic nitrogens is 3. The molecule has 1 aliphatic rings. The van der Waals surface area contributed by atoms with Gasteiger partial charge < -0.3 is 0 Å². The van der Waals surface area contributed by atoms with E-state index in [1.54, 1.807) is 0 Å². The normalized spacial score (nSPS) is 12.5. The van der Waals surface area contributed by atoms with Crippen LogP contribution in [0, 0.1) is 0 Å². The fourth-order valence-electron chi connectivity index (χ4n) is 8.23. The van der Waals surface area contributed by atoms with E-state index in [-0.39, 0.29) is 0 Å². The fraction of sp³-hybridized carbons (Fsp3) is 0.0192. The number of rotatable bonds is 7. The first-order valence-electron chi connectivity index (χ1n) is 18.7. The number of hydrogen-bond acceptors (Lipinski definition) is 3. The molecule has 1 aromatic heterocycles. The molecule has 0 fully saturated rings. The van der Waals surface area contributed by atoms with E-state index in [1.807, 2.05) is 12.1 Å². The molecular weight excluding hydrogens is 667 g/mol. The molecule has 0 saturated heterocycles. The molecule has 0 atom stereocenters. The third-order valence-corrected chi connectivity index (χ3v) is 10.9. The Kier molecular flexibility index (Phi) is 8.04. The van der Waals surface area contributed by atoms with Crippen molar-refractivity contribution in [2.75, 3.05) is 0 Å². The quantitative estimate of drug-likeness (QED) is 0.166. The van der Waals surface area contributed by atoms with Gasteiger partial charge >= 0.3 is 0 Å². The van der Waals surface area contributed by atoms with Crippen molar-refractivity contribution < 1.29 is 0 Å². The van der Waals surface area contributed by atoms with Gasteiger partial charge in [0.25, 0.3) is 0 Å². The van der Waals surface area contributed by atoms with Gasteiger partial charge in [-0.2, -0.15) is 0 Å². The van der Waals surface area contributed by atoms with Gasteiger partial charge in [-0.3, -0.25) is 0 Å². The summed E-state index contributed by atoms with van der Waals surface area (Å²) in [6.45, 7) is 0. The van der Waals surface area contributed by atoms with E-state index in [0.29, 0.717) is 17.5 Å². The van der Waals surface area contributed by atoms with Gasteiger partial charge in [0.1, 0.15) is 0 Å². The number of benzene rings is 8. The molecule has 0 saturated carbocycles. The van der Waals surface area contributed by atoms with E-state index in [1.165, 1.54) is 44.5 Å². The SMILES string of the molecule is c1ccc(-c2ccc(-c3nc(-c4ccc(-c5ccccc5)cc4)nc(-c4ccc(C5(c6ccccc6)c6ccccc6-c6ccccc65)cc4)n3)cc2)cc1. The molecule has 1 aliphatic carbocycles. The molecular formula is C52H35N3. The number of fused-ring (bicyclic) bond motifs is 3. The average molecular weight is 702 g/mol. The van der Waals surface area contributed by atoms with Crippen LogP contribution >= 0.6 is 0 Å². The largest absolute Gasteiger partial charge is 0.208 e. The fourth-order valence-corrected chi connectivity index (χ4v) is 8.23. The topological polar surface area (TPSA) is 38.7 Å². The smallest absolute Gasteiger partial charge is 0.164 e. The van der Waals surface area contributed by atoms with Crippen molar-refractivity contribution in [2.45, 2.75) is 5.41 Å². The standard InChI is InChI=1S/C52H35N3/c1-4-14-36(15-5-1)38-24-28-40(29-25-38)49-53-50(41-30-26-39(27-31-41)37-16-6-2-7-17-37)55-51(54-49)42-32-34-44(35-33-42)52(43-18-8-3-9-19-43)47-22-12-10-20-45(47)46-21-11-13-23-48(46)52/h1-35H. The van der Waals surface area contributed by atoms with Crippen molar-refractivity contribution in [3.8, 4) is 67.5 Å². The van der Waals surface area contributed by atoms with Crippen molar-refractivity contribution in [3.05, 3.63) is 235 Å². The predicted molar refractivity (Wildman–Crippen MR) is 224 cm³/mol. The molecule has 0 spiro atoms. The summed E-state index contributed by atoms with van der Waals surface area (Å²) in [7, 11) is 0. The summed E-state index contributed by atoms with van der Waals surface area (Å²) >= 11 is 0. The highest BCUT2D eigenvalue weighted by Gasteiger charge is 2.45. The van der Waals surface area contributed by atoms with Crippen LogP contribution in [0.5, 0.6) is 0 Å². The Morgan fingerprint density at radius 1 is 0.236 bits per heavy atom. The summed E-state index contributed by atoms with van der Waals surface area (Å²) in [5, 5.41) is 0. The van der Waals surface area contributed by atoms with Gasteiger partial charge in [-0.1, -0.05) is 212 Å². The van der Waals surface area contributed by atoms with Crippen molar-refractivity contribution in [1.82, 2.24) is 15.0 Å². The van der Waals surface area contributed by atoms with Crippen LogP contribution in [0.2, 0.25) is 0 Å². The monoisotopic (exact) mass is 701 g/mol. The molecule has 3 heteroatoms.